The topological polar surface area (TPSA) is 108 Å². The average Bonchev–Trinajstić information content (AvgIpc) is 3.48. The number of benzene rings is 2. The molecule has 2 aliphatic rings. The van der Waals surface area contributed by atoms with Crippen molar-refractivity contribution in [3.8, 4) is 11.5 Å². The standard InChI is InChI=1S/C26H30N2O7/c1-33-23-12-11-19(14-24(23)35-22-9-5-6-10-22)20(16-27(31)32)15-25(29)28-21(17-34-26(28)30)13-18-7-3-2-4-8-18/h2-4,7-8,11-12,14,20-22H,5-6,9-10,13,15-17H2,1H3. The first-order valence-corrected chi connectivity index (χ1v) is 11.9. The second-order valence-electron chi connectivity index (χ2n) is 9.04. The molecule has 9 nitrogen and oxygen atoms in total. The molecule has 35 heavy (non-hydrogen) atoms. The molecule has 9 heteroatoms. The zero-order valence-electron chi connectivity index (χ0n) is 19.8. The number of hydrogen-bond donors (Lipinski definition) is 0. The van der Waals surface area contributed by atoms with Crippen molar-refractivity contribution in [3.05, 3.63) is 69.8 Å². The lowest BCUT2D eigenvalue weighted by molar-refractivity contribution is -0.483. The molecule has 2 amide bonds. The van der Waals surface area contributed by atoms with Gasteiger partial charge in [-0.15, -0.1) is 0 Å². The van der Waals surface area contributed by atoms with Crippen LogP contribution in [-0.4, -0.2) is 54.2 Å². The van der Waals surface area contributed by atoms with Crippen LogP contribution in [0.1, 0.15) is 49.1 Å². The lowest BCUT2D eigenvalue weighted by atomic mass is 9.94. The minimum Gasteiger partial charge on any atom is -0.493 e. The van der Waals surface area contributed by atoms with Crippen molar-refractivity contribution in [2.24, 2.45) is 0 Å². The van der Waals surface area contributed by atoms with Gasteiger partial charge in [-0.25, -0.2) is 9.69 Å². The maximum atomic E-state index is 13.3. The van der Waals surface area contributed by atoms with Gasteiger partial charge in [0.1, 0.15) is 6.61 Å². The van der Waals surface area contributed by atoms with Crippen LogP contribution in [0.2, 0.25) is 0 Å². The summed E-state index contributed by atoms with van der Waals surface area (Å²) in [5, 5.41) is 11.5. The molecule has 186 valence electrons. The van der Waals surface area contributed by atoms with E-state index in [2.05, 4.69) is 0 Å². The van der Waals surface area contributed by atoms with Crippen molar-refractivity contribution in [3.63, 3.8) is 0 Å². The first kappa shape index (κ1) is 24.5. The summed E-state index contributed by atoms with van der Waals surface area (Å²) in [5.41, 5.74) is 1.57. The molecule has 0 spiro atoms. The largest absolute Gasteiger partial charge is 0.493 e. The molecule has 2 atom stereocenters. The van der Waals surface area contributed by atoms with Crippen molar-refractivity contribution >= 4 is 12.0 Å². The van der Waals surface area contributed by atoms with Crippen molar-refractivity contribution in [2.45, 2.75) is 56.6 Å². The van der Waals surface area contributed by atoms with Gasteiger partial charge in [-0.3, -0.25) is 14.9 Å². The summed E-state index contributed by atoms with van der Waals surface area (Å²) in [6.45, 7) is -0.353. The summed E-state index contributed by atoms with van der Waals surface area (Å²) in [5.74, 6) is -0.174. The van der Waals surface area contributed by atoms with Gasteiger partial charge in [0.05, 0.1) is 25.2 Å². The number of nitro groups is 1. The lowest BCUT2D eigenvalue weighted by Crippen LogP contribution is -2.41. The summed E-state index contributed by atoms with van der Waals surface area (Å²) in [6, 6.07) is 14.2. The molecule has 2 unspecified atom stereocenters. The number of nitrogens with zero attached hydrogens (tertiary/aromatic N) is 2. The predicted molar refractivity (Wildman–Crippen MR) is 127 cm³/mol. The quantitative estimate of drug-likeness (QED) is 0.366. The molecule has 1 saturated carbocycles. The Morgan fingerprint density at radius 2 is 1.91 bits per heavy atom. The molecule has 2 fully saturated rings. The van der Waals surface area contributed by atoms with E-state index in [1.807, 2.05) is 30.3 Å². The van der Waals surface area contributed by atoms with Crippen LogP contribution >= 0.6 is 0 Å². The van der Waals surface area contributed by atoms with Crippen LogP contribution in [0, 0.1) is 10.1 Å². The molecule has 4 rings (SSSR count). The molecular formula is C26H30N2O7. The number of carbonyl (C=O) groups is 2. The molecule has 1 saturated heterocycles. The van der Waals surface area contributed by atoms with Gasteiger partial charge in [0, 0.05) is 11.3 Å². The molecule has 1 aliphatic heterocycles. The van der Waals surface area contributed by atoms with Gasteiger partial charge < -0.3 is 14.2 Å². The zero-order valence-corrected chi connectivity index (χ0v) is 19.8. The highest BCUT2D eigenvalue weighted by Gasteiger charge is 2.39. The van der Waals surface area contributed by atoms with E-state index in [-0.39, 0.29) is 19.1 Å². The molecule has 2 aromatic rings. The van der Waals surface area contributed by atoms with Gasteiger partial charge in [0.25, 0.3) is 0 Å². The molecule has 0 N–H and O–H groups in total. The van der Waals surface area contributed by atoms with Gasteiger partial charge in [0.2, 0.25) is 12.5 Å². The summed E-state index contributed by atoms with van der Waals surface area (Å²) >= 11 is 0. The number of carbonyl (C=O) groups excluding carboxylic acids is 2. The van der Waals surface area contributed by atoms with Crippen molar-refractivity contribution in [1.82, 2.24) is 4.90 Å². The van der Waals surface area contributed by atoms with Crippen LogP contribution < -0.4 is 9.47 Å². The number of amides is 2. The van der Waals surface area contributed by atoms with E-state index in [1.165, 1.54) is 0 Å². The maximum Gasteiger partial charge on any atom is 0.416 e. The van der Waals surface area contributed by atoms with E-state index in [0.717, 1.165) is 36.1 Å². The van der Waals surface area contributed by atoms with E-state index in [1.54, 1.807) is 25.3 Å². The van der Waals surface area contributed by atoms with Crippen LogP contribution in [0.3, 0.4) is 0 Å². The van der Waals surface area contributed by atoms with Crippen LogP contribution in [-0.2, 0) is 16.0 Å². The summed E-state index contributed by atoms with van der Waals surface area (Å²) < 4.78 is 16.7. The highest BCUT2D eigenvalue weighted by molar-refractivity contribution is 5.94. The molecule has 2 aromatic carbocycles. The van der Waals surface area contributed by atoms with Gasteiger partial charge >= 0.3 is 6.09 Å². The Labute approximate surface area is 204 Å². The van der Waals surface area contributed by atoms with Gasteiger partial charge in [-0.2, -0.15) is 0 Å². The van der Waals surface area contributed by atoms with E-state index in [0.29, 0.717) is 23.5 Å². The molecule has 0 radical (unpaired) electrons. The van der Waals surface area contributed by atoms with Crippen LogP contribution in [0.15, 0.2) is 48.5 Å². The van der Waals surface area contributed by atoms with E-state index in [9.17, 15) is 19.7 Å². The van der Waals surface area contributed by atoms with E-state index < -0.39 is 35.4 Å². The fourth-order valence-electron chi connectivity index (χ4n) is 4.80. The minimum absolute atomic E-state index is 0.0767. The van der Waals surface area contributed by atoms with Crippen LogP contribution in [0.4, 0.5) is 4.79 Å². The van der Waals surface area contributed by atoms with Crippen molar-refractivity contribution in [1.29, 1.82) is 0 Å². The van der Waals surface area contributed by atoms with Crippen molar-refractivity contribution < 1.29 is 28.7 Å². The lowest BCUT2D eigenvalue weighted by Gasteiger charge is -2.23. The number of hydrogen-bond acceptors (Lipinski definition) is 7. The fourth-order valence-corrected chi connectivity index (χ4v) is 4.80. The summed E-state index contributed by atoms with van der Waals surface area (Å²) in [4.78, 5) is 37.8. The normalized spacial score (nSPS) is 18.8. The third-order valence-corrected chi connectivity index (χ3v) is 6.59. The number of rotatable bonds is 10. The van der Waals surface area contributed by atoms with Crippen molar-refractivity contribution in [2.75, 3.05) is 20.3 Å². The van der Waals surface area contributed by atoms with Gasteiger partial charge in [0.15, 0.2) is 11.5 Å². The number of methoxy groups -OCH3 is 1. The third kappa shape index (κ3) is 6.09. The predicted octanol–water partition coefficient (Wildman–Crippen LogP) is 4.36. The van der Waals surface area contributed by atoms with E-state index in [4.69, 9.17) is 14.2 Å². The Balaban J connectivity index is 1.53. The monoisotopic (exact) mass is 482 g/mol. The first-order chi connectivity index (χ1) is 16.9. The highest BCUT2D eigenvalue weighted by Crippen LogP contribution is 2.35. The Bertz CT molecular complexity index is 1050. The number of imide groups is 1. The van der Waals surface area contributed by atoms with Gasteiger partial charge in [-0.1, -0.05) is 36.4 Å². The summed E-state index contributed by atoms with van der Waals surface area (Å²) in [6.07, 6.45) is 3.72. The first-order valence-electron chi connectivity index (χ1n) is 11.9. The molecule has 1 aliphatic carbocycles. The molecule has 1 heterocycles. The number of cyclic esters (lactones) is 1. The van der Waals surface area contributed by atoms with Crippen LogP contribution in [0.5, 0.6) is 11.5 Å². The van der Waals surface area contributed by atoms with Crippen LogP contribution in [0.25, 0.3) is 0 Å². The minimum atomic E-state index is -0.736. The Kier molecular flexibility index (Phi) is 7.84. The molecule has 0 aromatic heterocycles. The number of ether oxygens (including phenoxy) is 3. The smallest absolute Gasteiger partial charge is 0.416 e. The highest BCUT2D eigenvalue weighted by atomic mass is 16.6. The molecule has 0 bridgehead atoms. The Morgan fingerprint density at radius 3 is 2.60 bits per heavy atom. The SMILES string of the molecule is COc1ccc(C(CC(=O)N2C(=O)OCC2Cc2ccccc2)C[N+](=O)[O-])cc1OC1CCCC1. The van der Waals surface area contributed by atoms with E-state index >= 15 is 0 Å². The maximum absolute atomic E-state index is 13.3. The second kappa shape index (κ2) is 11.2. The van der Waals surface area contributed by atoms with Gasteiger partial charge in [-0.05, 0) is 55.4 Å². The summed E-state index contributed by atoms with van der Waals surface area (Å²) in [7, 11) is 1.54. The fraction of sp³-hybridized carbons (Fsp3) is 0.462. The third-order valence-electron chi connectivity index (χ3n) is 6.59. The zero-order chi connectivity index (χ0) is 24.8. The molecular weight excluding hydrogens is 452 g/mol. The average molecular weight is 483 g/mol. The Hall–Kier alpha value is -3.62. The Morgan fingerprint density at radius 1 is 1.17 bits per heavy atom. The second-order valence-corrected chi connectivity index (χ2v) is 9.04.